The molecule has 1 aromatic heterocycles. The molecule has 2 unspecified atom stereocenters. The number of carbonyl (C=O) groups is 2. The van der Waals surface area contributed by atoms with Crippen LogP contribution in [0.15, 0.2) is 16.5 Å². The number of carbonyl (C=O) groups excluding carboxylic acids is 1. The highest BCUT2D eigenvalue weighted by Crippen LogP contribution is 2.17. The van der Waals surface area contributed by atoms with Crippen molar-refractivity contribution in [1.29, 1.82) is 0 Å². The molecule has 0 aliphatic rings. The minimum absolute atomic E-state index is 0.0492. The van der Waals surface area contributed by atoms with Crippen LogP contribution in [-0.4, -0.2) is 42.0 Å². The van der Waals surface area contributed by atoms with Crippen LogP contribution >= 0.6 is 0 Å². The van der Waals surface area contributed by atoms with Gasteiger partial charge in [0.05, 0.1) is 12.1 Å². The van der Waals surface area contributed by atoms with E-state index < -0.39 is 5.97 Å². The van der Waals surface area contributed by atoms with Gasteiger partial charge in [-0.15, -0.1) is 0 Å². The molecule has 0 spiro atoms. The molecule has 0 saturated heterocycles. The molecule has 0 aliphatic carbocycles. The second kappa shape index (κ2) is 5.68. The summed E-state index contributed by atoms with van der Waals surface area (Å²) in [6, 6.07) is 2.38. The smallest absolute Gasteiger partial charge is 0.371 e. The molecule has 2 N–H and O–H groups in total. The van der Waals surface area contributed by atoms with Crippen molar-refractivity contribution in [2.75, 3.05) is 14.1 Å². The molecule has 100 valence electrons. The van der Waals surface area contributed by atoms with Gasteiger partial charge in [0.25, 0.3) is 0 Å². The Hall–Kier alpha value is -1.82. The molecule has 1 heterocycles. The molecule has 2 atom stereocenters. The number of rotatable bonds is 5. The van der Waals surface area contributed by atoms with Crippen molar-refractivity contribution >= 4 is 11.9 Å². The maximum atomic E-state index is 11.7. The van der Waals surface area contributed by atoms with E-state index in [0.717, 1.165) is 0 Å². The number of carboxylic acids is 1. The first-order chi connectivity index (χ1) is 8.32. The van der Waals surface area contributed by atoms with E-state index in [9.17, 15) is 9.59 Å². The molecule has 18 heavy (non-hydrogen) atoms. The van der Waals surface area contributed by atoms with E-state index in [0.29, 0.717) is 5.76 Å². The van der Waals surface area contributed by atoms with Crippen molar-refractivity contribution in [2.24, 2.45) is 0 Å². The number of furan rings is 1. The van der Waals surface area contributed by atoms with Gasteiger partial charge in [-0.3, -0.25) is 10.1 Å². The van der Waals surface area contributed by atoms with Gasteiger partial charge in [0.1, 0.15) is 5.76 Å². The third-order valence-corrected chi connectivity index (χ3v) is 2.58. The van der Waals surface area contributed by atoms with Gasteiger partial charge in [-0.05, 0) is 26.0 Å². The summed E-state index contributed by atoms with van der Waals surface area (Å²) < 4.78 is 5.16. The Balaban J connectivity index is 2.67. The van der Waals surface area contributed by atoms with Gasteiger partial charge in [-0.1, -0.05) is 0 Å². The zero-order valence-corrected chi connectivity index (χ0v) is 10.9. The zero-order chi connectivity index (χ0) is 13.9. The summed E-state index contributed by atoms with van der Waals surface area (Å²) in [7, 11) is 3.36. The number of amides is 1. The summed E-state index contributed by atoms with van der Waals surface area (Å²) >= 11 is 0. The Kier molecular flexibility index (Phi) is 4.49. The van der Waals surface area contributed by atoms with Crippen LogP contribution in [0.2, 0.25) is 0 Å². The van der Waals surface area contributed by atoms with Crippen LogP contribution in [0, 0.1) is 0 Å². The van der Waals surface area contributed by atoms with E-state index in [1.807, 2.05) is 6.92 Å². The van der Waals surface area contributed by atoms with Crippen LogP contribution in [0.5, 0.6) is 0 Å². The topological polar surface area (TPSA) is 82.8 Å². The van der Waals surface area contributed by atoms with Crippen molar-refractivity contribution in [1.82, 2.24) is 10.2 Å². The number of likely N-dealkylation sites (N-methyl/N-ethyl adjacent to an activating group) is 1. The van der Waals surface area contributed by atoms with E-state index in [1.54, 1.807) is 27.1 Å². The highest BCUT2D eigenvalue weighted by atomic mass is 16.4. The van der Waals surface area contributed by atoms with Crippen molar-refractivity contribution in [2.45, 2.75) is 25.9 Å². The molecule has 0 fully saturated rings. The van der Waals surface area contributed by atoms with Gasteiger partial charge in [0.2, 0.25) is 11.7 Å². The van der Waals surface area contributed by atoms with E-state index in [2.05, 4.69) is 5.32 Å². The minimum Gasteiger partial charge on any atom is -0.475 e. The summed E-state index contributed by atoms with van der Waals surface area (Å²) in [5.41, 5.74) is 0. The first-order valence-electron chi connectivity index (χ1n) is 5.63. The van der Waals surface area contributed by atoms with Gasteiger partial charge in [-0.25, -0.2) is 4.79 Å². The van der Waals surface area contributed by atoms with Crippen LogP contribution in [0.1, 0.15) is 36.2 Å². The summed E-state index contributed by atoms with van der Waals surface area (Å²) in [5, 5.41) is 11.8. The summed E-state index contributed by atoms with van der Waals surface area (Å²) in [6.07, 6.45) is 0. The average Bonchev–Trinajstić information content (AvgIpc) is 2.76. The fraction of sp³-hybridized carbons (Fsp3) is 0.500. The van der Waals surface area contributed by atoms with Crippen molar-refractivity contribution in [3.8, 4) is 0 Å². The fourth-order valence-electron chi connectivity index (χ4n) is 1.62. The molecule has 0 aromatic carbocycles. The Morgan fingerprint density at radius 1 is 1.33 bits per heavy atom. The van der Waals surface area contributed by atoms with Crippen LogP contribution in [-0.2, 0) is 4.79 Å². The van der Waals surface area contributed by atoms with E-state index in [-0.39, 0.29) is 23.8 Å². The Morgan fingerprint density at radius 3 is 2.39 bits per heavy atom. The van der Waals surface area contributed by atoms with Gasteiger partial charge >= 0.3 is 5.97 Å². The van der Waals surface area contributed by atoms with E-state index >= 15 is 0 Å². The molecular weight excluding hydrogens is 236 g/mol. The van der Waals surface area contributed by atoms with Crippen molar-refractivity contribution in [3.05, 3.63) is 23.7 Å². The van der Waals surface area contributed by atoms with Gasteiger partial charge in [0.15, 0.2) is 0 Å². The Labute approximate surface area is 106 Å². The predicted molar refractivity (Wildman–Crippen MR) is 65.4 cm³/mol. The number of hydrogen-bond acceptors (Lipinski definition) is 4. The molecular formula is C12H18N2O4. The lowest BCUT2D eigenvalue weighted by Gasteiger charge is -2.21. The van der Waals surface area contributed by atoms with Crippen LogP contribution in [0.3, 0.4) is 0 Å². The molecule has 0 aliphatic heterocycles. The molecule has 1 aromatic rings. The van der Waals surface area contributed by atoms with Gasteiger partial charge in [0, 0.05) is 14.1 Å². The first kappa shape index (κ1) is 14.2. The highest BCUT2D eigenvalue weighted by molar-refractivity contribution is 5.84. The summed E-state index contributed by atoms with van der Waals surface area (Å²) in [4.78, 5) is 23.8. The third-order valence-electron chi connectivity index (χ3n) is 2.58. The van der Waals surface area contributed by atoms with Crippen molar-refractivity contribution in [3.63, 3.8) is 0 Å². The molecule has 6 heteroatoms. The summed E-state index contributed by atoms with van der Waals surface area (Å²) in [6.45, 7) is 3.56. The third kappa shape index (κ3) is 3.33. The molecule has 0 radical (unpaired) electrons. The van der Waals surface area contributed by atoms with Crippen LogP contribution in [0.4, 0.5) is 0 Å². The minimum atomic E-state index is -1.11. The van der Waals surface area contributed by atoms with Gasteiger partial charge in [-0.2, -0.15) is 0 Å². The number of hydrogen-bond donors (Lipinski definition) is 2. The second-order valence-corrected chi connectivity index (χ2v) is 4.35. The van der Waals surface area contributed by atoms with Crippen LogP contribution < -0.4 is 5.32 Å². The molecule has 0 bridgehead atoms. The SMILES string of the molecule is CC(NC(C)c1ccc(C(=O)O)o1)C(=O)N(C)C. The van der Waals surface area contributed by atoms with E-state index in [4.69, 9.17) is 9.52 Å². The molecule has 1 rings (SSSR count). The maximum Gasteiger partial charge on any atom is 0.371 e. The number of nitrogens with zero attached hydrogens (tertiary/aromatic N) is 1. The predicted octanol–water partition coefficient (Wildman–Crippen LogP) is 1.11. The number of aromatic carboxylic acids is 1. The molecule has 0 saturated carbocycles. The monoisotopic (exact) mass is 254 g/mol. The molecule has 1 amide bonds. The van der Waals surface area contributed by atoms with E-state index in [1.165, 1.54) is 11.0 Å². The van der Waals surface area contributed by atoms with Crippen LogP contribution in [0.25, 0.3) is 0 Å². The lowest BCUT2D eigenvalue weighted by atomic mass is 10.2. The Bertz CT molecular complexity index is 439. The first-order valence-corrected chi connectivity index (χ1v) is 5.63. The zero-order valence-electron chi connectivity index (χ0n) is 10.9. The largest absolute Gasteiger partial charge is 0.475 e. The lowest BCUT2D eigenvalue weighted by molar-refractivity contribution is -0.130. The fourth-order valence-corrected chi connectivity index (χ4v) is 1.62. The van der Waals surface area contributed by atoms with Crippen molar-refractivity contribution < 1.29 is 19.1 Å². The lowest BCUT2D eigenvalue weighted by Crippen LogP contribution is -2.42. The normalized spacial score (nSPS) is 14.0. The maximum absolute atomic E-state index is 11.7. The summed E-state index contributed by atoms with van der Waals surface area (Å²) in [5.74, 6) is -0.770. The average molecular weight is 254 g/mol. The quantitative estimate of drug-likeness (QED) is 0.822. The standard InChI is InChI=1S/C12H18N2O4/c1-7(13-8(2)11(15)14(3)4)9-5-6-10(18-9)12(16)17/h5-8,13H,1-4H3,(H,16,17). The number of carboxylic acid groups (broad SMARTS) is 1. The highest BCUT2D eigenvalue weighted by Gasteiger charge is 2.20. The van der Waals surface area contributed by atoms with Gasteiger partial charge < -0.3 is 14.4 Å². The Morgan fingerprint density at radius 2 is 1.94 bits per heavy atom. The number of nitrogens with one attached hydrogen (secondary N) is 1. The molecule has 6 nitrogen and oxygen atoms in total. The second-order valence-electron chi connectivity index (χ2n) is 4.35.